The third-order valence-corrected chi connectivity index (χ3v) is 4.38. The Balaban J connectivity index is 2.10. The van der Waals surface area contributed by atoms with Crippen LogP contribution in [0, 0.1) is 10.1 Å². The predicted molar refractivity (Wildman–Crippen MR) is 89.4 cm³/mol. The number of para-hydroxylation sites is 1. The fourth-order valence-electron chi connectivity index (χ4n) is 1.96. The molecular formula is C14H14ClN3O5S. The van der Waals surface area contributed by atoms with Crippen LogP contribution in [0.25, 0.3) is 0 Å². The van der Waals surface area contributed by atoms with Crippen molar-refractivity contribution < 1.29 is 18.1 Å². The largest absolute Gasteiger partial charge is 0.475 e. The van der Waals surface area contributed by atoms with E-state index in [1.165, 1.54) is 24.4 Å². The van der Waals surface area contributed by atoms with Crippen molar-refractivity contribution in [2.24, 2.45) is 0 Å². The summed E-state index contributed by atoms with van der Waals surface area (Å²) in [7, 11) is -3.72. The van der Waals surface area contributed by atoms with Gasteiger partial charge in [0.1, 0.15) is 22.2 Å². The van der Waals surface area contributed by atoms with E-state index in [-0.39, 0.29) is 29.6 Å². The lowest BCUT2D eigenvalue weighted by molar-refractivity contribution is -0.386. The molecule has 10 heteroatoms. The summed E-state index contributed by atoms with van der Waals surface area (Å²) in [6.45, 7) is 0.331. The molecule has 1 heterocycles. The minimum absolute atomic E-state index is 0.0960. The lowest BCUT2D eigenvalue weighted by Gasteiger charge is -2.10. The van der Waals surface area contributed by atoms with Gasteiger partial charge >= 0.3 is 5.69 Å². The molecule has 1 N–H and O–H groups in total. The molecule has 0 aliphatic heterocycles. The molecule has 0 unspecified atom stereocenters. The molecule has 1 aromatic heterocycles. The van der Waals surface area contributed by atoms with Gasteiger partial charge in [-0.3, -0.25) is 10.1 Å². The Morgan fingerprint density at radius 1 is 1.33 bits per heavy atom. The molecular weight excluding hydrogens is 358 g/mol. The van der Waals surface area contributed by atoms with Crippen molar-refractivity contribution in [3.05, 3.63) is 51.7 Å². The summed E-state index contributed by atoms with van der Waals surface area (Å²) >= 11 is 5.89. The van der Waals surface area contributed by atoms with Crippen LogP contribution in [0.1, 0.15) is 0 Å². The van der Waals surface area contributed by atoms with Crippen LogP contribution in [0.5, 0.6) is 5.88 Å². The number of halogens is 1. The Hall–Kier alpha value is -2.39. The van der Waals surface area contributed by atoms with Crippen molar-refractivity contribution in [2.45, 2.75) is 4.90 Å². The van der Waals surface area contributed by atoms with Gasteiger partial charge < -0.3 is 10.1 Å². The molecule has 0 bridgehead atoms. The van der Waals surface area contributed by atoms with Gasteiger partial charge in [-0.25, -0.2) is 13.4 Å². The lowest BCUT2D eigenvalue weighted by Crippen LogP contribution is -2.14. The van der Waals surface area contributed by atoms with E-state index < -0.39 is 20.4 Å². The average molecular weight is 372 g/mol. The van der Waals surface area contributed by atoms with E-state index >= 15 is 0 Å². The third-order valence-electron chi connectivity index (χ3n) is 2.96. The summed E-state index contributed by atoms with van der Waals surface area (Å²) in [4.78, 5) is 14.1. The van der Waals surface area contributed by atoms with Crippen molar-refractivity contribution >= 4 is 32.8 Å². The van der Waals surface area contributed by atoms with Crippen LogP contribution in [-0.2, 0) is 9.84 Å². The smallest absolute Gasteiger partial charge is 0.310 e. The van der Waals surface area contributed by atoms with E-state index in [0.29, 0.717) is 5.02 Å². The average Bonchev–Trinajstić information content (AvgIpc) is 2.51. The van der Waals surface area contributed by atoms with Crippen LogP contribution in [0.3, 0.4) is 0 Å². The quantitative estimate of drug-likeness (QED) is 0.452. The number of benzene rings is 1. The first kappa shape index (κ1) is 18.0. The molecule has 24 heavy (non-hydrogen) atoms. The normalized spacial score (nSPS) is 11.1. The van der Waals surface area contributed by atoms with E-state index in [1.807, 2.05) is 0 Å². The second kappa shape index (κ2) is 7.45. The molecule has 0 saturated carbocycles. The number of sulfone groups is 1. The molecule has 0 aliphatic carbocycles. The first-order chi connectivity index (χ1) is 11.3. The van der Waals surface area contributed by atoms with Gasteiger partial charge in [0.05, 0.1) is 4.92 Å². The second-order valence-corrected chi connectivity index (χ2v) is 7.14. The summed E-state index contributed by atoms with van der Waals surface area (Å²) < 4.78 is 28.7. The number of ether oxygens (including phenoxy) is 1. The zero-order valence-electron chi connectivity index (χ0n) is 12.6. The van der Waals surface area contributed by atoms with Crippen molar-refractivity contribution in [2.75, 3.05) is 24.7 Å². The SMILES string of the molecule is CS(=O)(=O)c1cccc(NCCOc2ncccc2Cl)c1[N+](=O)[O-]. The molecule has 0 spiro atoms. The number of nitrogens with zero attached hydrogens (tertiary/aromatic N) is 2. The minimum Gasteiger partial charge on any atom is -0.475 e. The van der Waals surface area contributed by atoms with Gasteiger partial charge in [0, 0.05) is 19.0 Å². The number of nitrogens with one attached hydrogen (secondary N) is 1. The molecule has 0 radical (unpaired) electrons. The van der Waals surface area contributed by atoms with Crippen molar-refractivity contribution in [3.63, 3.8) is 0 Å². The number of pyridine rings is 1. The van der Waals surface area contributed by atoms with Crippen molar-refractivity contribution in [3.8, 4) is 5.88 Å². The monoisotopic (exact) mass is 371 g/mol. The zero-order chi connectivity index (χ0) is 17.7. The highest BCUT2D eigenvalue weighted by Crippen LogP contribution is 2.31. The van der Waals surface area contributed by atoms with Crippen LogP contribution >= 0.6 is 11.6 Å². The Morgan fingerprint density at radius 3 is 2.71 bits per heavy atom. The summed E-state index contributed by atoms with van der Waals surface area (Å²) in [6, 6.07) is 7.34. The summed E-state index contributed by atoms with van der Waals surface area (Å²) in [5.74, 6) is 0.250. The fraction of sp³-hybridized carbons (Fsp3) is 0.214. The van der Waals surface area contributed by atoms with Crippen LogP contribution in [0.4, 0.5) is 11.4 Å². The van der Waals surface area contributed by atoms with Crippen LogP contribution in [-0.4, -0.2) is 37.7 Å². The highest BCUT2D eigenvalue weighted by molar-refractivity contribution is 7.90. The molecule has 0 saturated heterocycles. The van der Waals surface area contributed by atoms with Gasteiger partial charge in [-0.05, 0) is 24.3 Å². The third kappa shape index (κ3) is 4.33. The first-order valence-corrected chi connectivity index (χ1v) is 9.02. The molecule has 8 nitrogen and oxygen atoms in total. The minimum atomic E-state index is -3.72. The predicted octanol–water partition coefficient (Wildman–Crippen LogP) is 2.54. The van der Waals surface area contributed by atoms with E-state index in [0.717, 1.165) is 6.26 Å². The van der Waals surface area contributed by atoms with E-state index in [4.69, 9.17) is 16.3 Å². The van der Waals surface area contributed by atoms with Crippen LogP contribution < -0.4 is 10.1 Å². The van der Waals surface area contributed by atoms with Crippen LogP contribution in [0.15, 0.2) is 41.4 Å². The molecule has 0 amide bonds. The molecule has 0 aliphatic rings. The Morgan fingerprint density at radius 2 is 2.08 bits per heavy atom. The van der Waals surface area contributed by atoms with E-state index in [1.54, 1.807) is 12.1 Å². The molecule has 0 fully saturated rings. The summed E-state index contributed by atoms with van der Waals surface area (Å²) in [5, 5.41) is 14.4. The zero-order valence-corrected chi connectivity index (χ0v) is 14.2. The standard InChI is InChI=1S/C14H14ClN3O5S/c1-24(21,22)12-6-2-5-11(13(12)18(19)20)16-8-9-23-14-10(15)4-3-7-17-14/h2-7,16H,8-9H2,1H3. The van der Waals surface area contributed by atoms with Gasteiger partial charge in [0.15, 0.2) is 9.84 Å². The summed E-state index contributed by atoms with van der Waals surface area (Å²) in [5.41, 5.74) is -0.394. The Bertz CT molecular complexity index is 857. The number of nitro groups is 1. The van der Waals surface area contributed by atoms with Crippen LogP contribution in [0.2, 0.25) is 5.02 Å². The molecule has 1 aromatic carbocycles. The number of hydrogen-bond donors (Lipinski definition) is 1. The maximum Gasteiger partial charge on any atom is 0.310 e. The molecule has 0 atom stereocenters. The number of hydrogen-bond acceptors (Lipinski definition) is 7. The Kier molecular flexibility index (Phi) is 5.58. The number of aromatic nitrogens is 1. The fourth-order valence-corrected chi connectivity index (χ4v) is 3.00. The van der Waals surface area contributed by atoms with Gasteiger partial charge in [0.25, 0.3) is 0 Å². The molecule has 2 rings (SSSR count). The van der Waals surface area contributed by atoms with Crippen molar-refractivity contribution in [1.29, 1.82) is 0 Å². The second-order valence-electron chi connectivity index (χ2n) is 4.75. The Labute approximate surface area is 143 Å². The van der Waals surface area contributed by atoms with Gasteiger partial charge in [-0.15, -0.1) is 0 Å². The maximum absolute atomic E-state index is 11.7. The maximum atomic E-state index is 11.7. The number of rotatable bonds is 7. The molecule has 128 valence electrons. The highest BCUT2D eigenvalue weighted by Gasteiger charge is 2.25. The topological polar surface area (TPSA) is 111 Å². The molecule has 2 aromatic rings. The lowest BCUT2D eigenvalue weighted by atomic mass is 10.2. The van der Waals surface area contributed by atoms with Gasteiger partial charge in [-0.1, -0.05) is 17.7 Å². The number of nitro benzene ring substituents is 1. The van der Waals surface area contributed by atoms with E-state index in [2.05, 4.69) is 10.3 Å². The number of anilines is 1. The van der Waals surface area contributed by atoms with Crippen molar-refractivity contribution in [1.82, 2.24) is 4.98 Å². The highest BCUT2D eigenvalue weighted by atomic mass is 35.5. The van der Waals surface area contributed by atoms with Gasteiger partial charge in [-0.2, -0.15) is 0 Å². The summed E-state index contributed by atoms with van der Waals surface area (Å²) in [6.07, 6.45) is 2.44. The van der Waals surface area contributed by atoms with Gasteiger partial charge in [0.2, 0.25) is 5.88 Å². The first-order valence-electron chi connectivity index (χ1n) is 6.75. The van der Waals surface area contributed by atoms with E-state index in [9.17, 15) is 18.5 Å².